The summed E-state index contributed by atoms with van der Waals surface area (Å²) in [4.78, 5) is 33.5. The van der Waals surface area contributed by atoms with Gasteiger partial charge in [0.05, 0.1) is 19.7 Å². The summed E-state index contributed by atoms with van der Waals surface area (Å²) >= 11 is 0. The first kappa shape index (κ1) is 34.3. The number of amides is 2. The summed E-state index contributed by atoms with van der Waals surface area (Å²) in [7, 11) is 1.65. The van der Waals surface area contributed by atoms with E-state index in [9.17, 15) is 9.59 Å². The quantitative estimate of drug-likeness (QED) is 0.113. The van der Waals surface area contributed by atoms with Crippen LogP contribution in [0.1, 0.15) is 69.0 Å². The van der Waals surface area contributed by atoms with Gasteiger partial charge in [0.1, 0.15) is 22.7 Å². The van der Waals surface area contributed by atoms with Crippen LogP contribution in [0.15, 0.2) is 85.2 Å². The predicted octanol–water partition coefficient (Wildman–Crippen LogP) is 6.79. The number of carbonyl (C=O) groups is 2. The van der Waals surface area contributed by atoms with Gasteiger partial charge in [0, 0.05) is 47.0 Å². The molecule has 2 amide bonds. The molecule has 11 nitrogen and oxygen atoms in total. The van der Waals surface area contributed by atoms with Crippen LogP contribution in [0, 0.1) is 0 Å². The highest BCUT2D eigenvalue weighted by molar-refractivity contribution is 5.89. The van der Waals surface area contributed by atoms with Gasteiger partial charge >= 0.3 is 6.09 Å². The van der Waals surface area contributed by atoms with Crippen molar-refractivity contribution in [2.24, 2.45) is 0 Å². The molecule has 0 spiro atoms. The van der Waals surface area contributed by atoms with E-state index < -0.39 is 23.3 Å². The van der Waals surface area contributed by atoms with Crippen molar-refractivity contribution in [3.63, 3.8) is 0 Å². The van der Waals surface area contributed by atoms with Crippen LogP contribution < -0.4 is 15.4 Å². The predicted molar refractivity (Wildman–Crippen MR) is 194 cm³/mol. The Hall–Kier alpha value is -5.58. The Bertz CT molecular complexity index is 2100. The maximum Gasteiger partial charge on any atom is 0.408 e. The van der Waals surface area contributed by atoms with Crippen molar-refractivity contribution in [3.05, 3.63) is 114 Å². The van der Waals surface area contributed by atoms with E-state index in [2.05, 4.69) is 49.6 Å². The molecule has 0 bridgehead atoms. The van der Waals surface area contributed by atoms with E-state index in [1.807, 2.05) is 60.8 Å². The molecule has 4 N–H and O–H groups in total. The molecule has 3 aromatic heterocycles. The molecule has 0 fully saturated rings. The lowest BCUT2D eigenvalue weighted by atomic mass is 10.0. The molecule has 50 heavy (non-hydrogen) atoms. The first-order valence-electron chi connectivity index (χ1n) is 16.9. The average Bonchev–Trinajstić information content (AvgIpc) is 3.80. The fourth-order valence-electron chi connectivity index (χ4n) is 6.14. The minimum atomic E-state index is -1.29. The number of aromatic nitrogens is 5. The van der Waals surface area contributed by atoms with Crippen LogP contribution in [0.2, 0.25) is 0 Å². The normalized spacial score (nSPS) is 12.6. The van der Waals surface area contributed by atoms with E-state index in [0.29, 0.717) is 25.2 Å². The van der Waals surface area contributed by atoms with Crippen LogP contribution >= 0.6 is 0 Å². The zero-order valence-corrected chi connectivity index (χ0v) is 29.5. The maximum atomic E-state index is 14.0. The van der Waals surface area contributed by atoms with Gasteiger partial charge in [-0.05, 0) is 82.0 Å². The molecule has 1 atom stereocenters. The third kappa shape index (κ3) is 7.83. The van der Waals surface area contributed by atoms with Crippen LogP contribution in [-0.4, -0.2) is 55.0 Å². The van der Waals surface area contributed by atoms with E-state index in [0.717, 1.165) is 45.5 Å². The molecular weight excluding hydrogens is 630 g/mol. The first-order chi connectivity index (χ1) is 23.9. The zero-order chi connectivity index (χ0) is 35.5. The van der Waals surface area contributed by atoms with Crippen molar-refractivity contribution in [2.75, 3.05) is 7.11 Å². The summed E-state index contributed by atoms with van der Waals surface area (Å²) in [6.07, 6.45) is 5.15. The standard InChI is InChI=1S/C39H45N7O4/c1-38(2,3)50-37(48)43-39(4,5)36(47)42-33(21-27-23-41-32-14-10-8-12-30(27)32)35-45-44-34(46(35)24-25-15-18-28(49-6)19-16-25)20-17-26-22-40-31-13-9-7-11-29(26)31/h7-16,18-19,22-23,33,40-41H,17,20-21,24H2,1-6H3,(H,42,47)(H,43,48)/t33-/m1/s1. The van der Waals surface area contributed by atoms with E-state index in [1.165, 1.54) is 10.9 Å². The second-order valence-corrected chi connectivity index (χ2v) is 14.1. The van der Waals surface area contributed by atoms with Crippen molar-refractivity contribution in [1.29, 1.82) is 0 Å². The summed E-state index contributed by atoms with van der Waals surface area (Å²) in [6, 6.07) is 23.6. The molecule has 0 aliphatic rings. The molecule has 11 heteroatoms. The Balaban J connectivity index is 1.36. The van der Waals surface area contributed by atoms with Crippen LogP contribution in [0.5, 0.6) is 5.75 Å². The summed E-state index contributed by atoms with van der Waals surface area (Å²) in [5.41, 5.74) is 3.33. The fourth-order valence-corrected chi connectivity index (χ4v) is 6.14. The van der Waals surface area contributed by atoms with Gasteiger partial charge in [-0.1, -0.05) is 48.5 Å². The number of benzene rings is 3. The number of carbonyl (C=O) groups excluding carboxylic acids is 2. The molecule has 0 saturated heterocycles. The van der Waals surface area contributed by atoms with Crippen molar-refractivity contribution in [2.45, 2.75) is 77.6 Å². The first-order valence-corrected chi connectivity index (χ1v) is 16.9. The van der Waals surface area contributed by atoms with E-state index in [1.54, 1.807) is 41.7 Å². The van der Waals surface area contributed by atoms with Crippen molar-refractivity contribution < 1.29 is 19.1 Å². The van der Waals surface area contributed by atoms with Gasteiger partial charge in [-0.3, -0.25) is 4.79 Å². The molecule has 0 aliphatic heterocycles. The highest BCUT2D eigenvalue weighted by atomic mass is 16.6. The molecule has 260 valence electrons. The third-order valence-corrected chi connectivity index (χ3v) is 8.75. The molecule has 6 rings (SSSR count). The number of ether oxygens (including phenoxy) is 2. The number of hydrogen-bond donors (Lipinski definition) is 4. The highest BCUT2D eigenvalue weighted by Gasteiger charge is 2.35. The molecule has 0 aliphatic carbocycles. The van der Waals surface area contributed by atoms with Gasteiger partial charge in [-0.25, -0.2) is 4.79 Å². The fraction of sp³-hybridized carbons (Fsp3) is 0.333. The average molecular weight is 676 g/mol. The number of H-pyrrole nitrogens is 2. The molecule has 6 aromatic rings. The Morgan fingerprint density at radius 2 is 1.44 bits per heavy atom. The number of rotatable bonds is 12. The highest BCUT2D eigenvalue weighted by Crippen LogP contribution is 2.27. The van der Waals surface area contributed by atoms with Crippen LogP contribution in [-0.2, 0) is 35.3 Å². The zero-order valence-electron chi connectivity index (χ0n) is 29.5. The van der Waals surface area contributed by atoms with Gasteiger partial charge in [-0.15, -0.1) is 10.2 Å². The van der Waals surface area contributed by atoms with E-state index >= 15 is 0 Å². The lowest BCUT2D eigenvalue weighted by molar-refractivity contribution is -0.127. The Kier molecular flexibility index (Phi) is 9.67. The Morgan fingerprint density at radius 1 is 0.820 bits per heavy atom. The van der Waals surface area contributed by atoms with Crippen LogP contribution in [0.3, 0.4) is 0 Å². The summed E-state index contributed by atoms with van der Waals surface area (Å²) < 4.78 is 13.0. The lowest BCUT2D eigenvalue weighted by Crippen LogP contribution is -2.56. The Labute approximate surface area is 291 Å². The number of methoxy groups -OCH3 is 1. The van der Waals surface area contributed by atoms with Gasteiger partial charge in [0.25, 0.3) is 0 Å². The van der Waals surface area contributed by atoms with Gasteiger partial charge < -0.3 is 34.6 Å². The molecule has 0 saturated carbocycles. The number of para-hydroxylation sites is 2. The van der Waals surface area contributed by atoms with Crippen molar-refractivity contribution >= 4 is 33.8 Å². The molecule has 3 aromatic carbocycles. The van der Waals surface area contributed by atoms with E-state index in [4.69, 9.17) is 19.7 Å². The summed E-state index contributed by atoms with van der Waals surface area (Å²) in [5, 5.41) is 17.7. The molecular formula is C39H45N7O4. The monoisotopic (exact) mass is 675 g/mol. The number of hydrogen-bond acceptors (Lipinski definition) is 6. The van der Waals surface area contributed by atoms with Gasteiger partial charge in [0.2, 0.25) is 5.91 Å². The minimum Gasteiger partial charge on any atom is -0.497 e. The molecule has 0 unspecified atom stereocenters. The van der Waals surface area contributed by atoms with Crippen LogP contribution in [0.4, 0.5) is 4.79 Å². The smallest absolute Gasteiger partial charge is 0.408 e. The second kappa shape index (κ2) is 14.1. The largest absolute Gasteiger partial charge is 0.497 e. The van der Waals surface area contributed by atoms with E-state index in [-0.39, 0.29) is 5.91 Å². The third-order valence-electron chi connectivity index (χ3n) is 8.75. The van der Waals surface area contributed by atoms with Gasteiger partial charge in [-0.2, -0.15) is 0 Å². The number of nitrogens with one attached hydrogen (secondary N) is 4. The topological polar surface area (TPSA) is 139 Å². The molecule has 3 heterocycles. The number of aromatic amines is 2. The van der Waals surface area contributed by atoms with Gasteiger partial charge in [0.15, 0.2) is 5.82 Å². The SMILES string of the molecule is COc1ccc(Cn2c(CCc3c[nH]c4ccccc34)nnc2[C@@H](Cc2c[nH]c3ccccc23)NC(=O)C(C)(C)NC(=O)OC(C)(C)C)cc1. The van der Waals surface area contributed by atoms with Crippen LogP contribution in [0.25, 0.3) is 21.8 Å². The number of alkyl carbamates (subject to hydrolysis) is 1. The molecule has 0 radical (unpaired) electrons. The number of aryl methyl sites for hydroxylation is 2. The second-order valence-electron chi connectivity index (χ2n) is 14.1. The Morgan fingerprint density at radius 3 is 2.08 bits per heavy atom. The van der Waals surface area contributed by atoms with Crippen molar-refractivity contribution in [1.82, 2.24) is 35.4 Å². The maximum absolute atomic E-state index is 14.0. The number of fused-ring (bicyclic) bond motifs is 2. The number of nitrogens with zero attached hydrogens (tertiary/aromatic N) is 3. The summed E-state index contributed by atoms with van der Waals surface area (Å²) in [6.45, 7) is 9.14. The lowest BCUT2D eigenvalue weighted by Gasteiger charge is -2.29. The minimum absolute atomic E-state index is 0.382. The van der Waals surface area contributed by atoms with Crippen molar-refractivity contribution in [3.8, 4) is 5.75 Å². The summed E-state index contributed by atoms with van der Waals surface area (Å²) in [5.74, 6) is 1.79.